The van der Waals surface area contributed by atoms with Crippen LogP contribution < -0.4 is 15.0 Å². The van der Waals surface area contributed by atoms with E-state index in [4.69, 9.17) is 4.74 Å². The second kappa shape index (κ2) is 7.85. The van der Waals surface area contributed by atoms with Crippen molar-refractivity contribution >= 4 is 28.6 Å². The predicted octanol–water partition coefficient (Wildman–Crippen LogP) is 4.65. The number of carbonyl (C=O) groups is 1. The summed E-state index contributed by atoms with van der Waals surface area (Å²) in [6, 6.07) is 19.0. The number of thiophene rings is 1. The molecule has 0 radical (unpaired) electrons. The zero-order valence-electron chi connectivity index (χ0n) is 14.2. The SMILES string of the molecule is CN(C)c1ccc(NC(=O)c2cccc(OCc3cccs3)c2)cc1. The molecule has 128 valence electrons. The van der Waals surface area contributed by atoms with E-state index < -0.39 is 0 Å². The van der Waals surface area contributed by atoms with Crippen LogP contribution in [0.4, 0.5) is 11.4 Å². The zero-order valence-corrected chi connectivity index (χ0v) is 15.0. The van der Waals surface area contributed by atoms with Crippen molar-refractivity contribution in [2.24, 2.45) is 0 Å². The van der Waals surface area contributed by atoms with Gasteiger partial charge >= 0.3 is 0 Å². The highest BCUT2D eigenvalue weighted by atomic mass is 32.1. The van der Waals surface area contributed by atoms with E-state index in [1.54, 1.807) is 23.5 Å². The van der Waals surface area contributed by atoms with Crippen molar-refractivity contribution in [1.29, 1.82) is 0 Å². The lowest BCUT2D eigenvalue weighted by atomic mass is 10.2. The highest BCUT2D eigenvalue weighted by Gasteiger charge is 2.08. The number of anilines is 2. The Morgan fingerprint density at radius 2 is 1.88 bits per heavy atom. The van der Waals surface area contributed by atoms with Crippen LogP contribution in [0.5, 0.6) is 5.75 Å². The monoisotopic (exact) mass is 352 g/mol. The zero-order chi connectivity index (χ0) is 17.6. The highest BCUT2D eigenvalue weighted by Crippen LogP contribution is 2.19. The highest BCUT2D eigenvalue weighted by molar-refractivity contribution is 7.09. The Kier molecular flexibility index (Phi) is 5.36. The lowest BCUT2D eigenvalue weighted by Gasteiger charge is -2.13. The van der Waals surface area contributed by atoms with Crippen LogP contribution in [0, 0.1) is 0 Å². The van der Waals surface area contributed by atoms with Crippen molar-refractivity contribution in [2.45, 2.75) is 6.61 Å². The smallest absolute Gasteiger partial charge is 0.255 e. The molecule has 0 bridgehead atoms. The standard InChI is InChI=1S/C20H20N2O2S/c1-22(2)17-10-8-16(9-11-17)21-20(23)15-5-3-6-18(13-15)24-14-19-7-4-12-25-19/h3-13H,14H2,1-2H3,(H,21,23). The first-order valence-corrected chi connectivity index (χ1v) is 8.84. The number of carbonyl (C=O) groups excluding carboxylic acids is 1. The van der Waals surface area contributed by atoms with Crippen LogP contribution in [-0.4, -0.2) is 20.0 Å². The van der Waals surface area contributed by atoms with Crippen LogP contribution in [0.15, 0.2) is 66.0 Å². The van der Waals surface area contributed by atoms with Gasteiger partial charge in [-0.25, -0.2) is 0 Å². The summed E-state index contributed by atoms with van der Waals surface area (Å²) in [5, 5.41) is 4.93. The first kappa shape index (κ1) is 17.0. The largest absolute Gasteiger partial charge is 0.488 e. The molecule has 25 heavy (non-hydrogen) atoms. The van der Waals surface area contributed by atoms with Gasteiger partial charge in [0.25, 0.3) is 5.91 Å². The van der Waals surface area contributed by atoms with Gasteiger partial charge in [0.15, 0.2) is 0 Å². The Morgan fingerprint density at radius 3 is 2.56 bits per heavy atom. The molecule has 0 unspecified atom stereocenters. The first-order valence-electron chi connectivity index (χ1n) is 7.96. The number of hydrogen-bond acceptors (Lipinski definition) is 4. The van der Waals surface area contributed by atoms with Crippen molar-refractivity contribution in [1.82, 2.24) is 0 Å². The second-order valence-electron chi connectivity index (χ2n) is 5.79. The maximum absolute atomic E-state index is 12.4. The van der Waals surface area contributed by atoms with E-state index in [0.29, 0.717) is 17.9 Å². The number of amides is 1. The van der Waals surface area contributed by atoms with Gasteiger partial charge in [-0.3, -0.25) is 4.79 Å². The first-order chi connectivity index (χ1) is 12.1. The van der Waals surface area contributed by atoms with Gasteiger partial charge in [-0.1, -0.05) is 12.1 Å². The van der Waals surface area contributed by atoms with E-state index in [1.807, 2.05) is 72.9 Å². The molecule has 1 heterocycles. The van der Waals surface area contributed by atoms with Crippen molar-refractivity contribution in [3.8, 4) is 5.75 Å². The number of hydrogen-bond donors (Lipinski definition) is 1. The number of nitrogens with zero attached hydrogens (tertiary/aromatic N) is 1. The predicted molar refractivity (Wildman–Crippen MR) is 104 cm³/mol. The Labute approximate surface area is 151 Å². The summed E-state index contributed by atoms with van der Waals surface area (Å²) in [6.45, 7) is 0.509. The minimum absolute atomic E-state index is 0.154. The molecule has 0 saturated carbocycles. The van der Waals surface area contributed by atoms with Crippen LogP contribution in [-0.2, 0) is 6.61 Å². The van der Waals surface area contributed by atoms with Crippen LogP contribution in [0.25, 0.3) is 0 Å². The van der Waals surface area contributed by atoms with Gasteiger partial charge in [-0.2, -0.15) is 0 Å². The molecule has 1 N–H and O–H groups in total. The molecule has 0 saturated heterocycles. The van der Waals surface area contributed by atoms with E-state index >= 15 is 0 Å². The normalized spacial score (nSPS) is 10.3. The van der Waals surface area contributed by atoms with Crippen LogP contribution >= 0.6 is 11.3 Å². The van der Waals surface area contributed by atoms with Gasteiger partial charge < -0.3 is 15.0 Å². The summed E-state index contributed by atoms with van der Waals surface area (Å²) in [5.41, 5.74) is 2.42. The van der Waals surface area contributed by atoms with E-state index in [-0.39, 0.29) is 5.91 Å². The van der Waals surface area contributed by atoms with Gasteiger partial charge in [-0.15, -0.1) is 11.3 Å². The third kappa shape index (κ3) is 4.61. The summed E-state index contributed by atoms with van der Waals surface area (Å²) >= 11 is 1.65. The van der Waals surface area contributed by atoms with E-state index in [0.717, 1.165) is 16.3 Å². The molecule has 0 atom stereocenters. The van der Waals surface area contributed by atoms with Crippen molar-refractivity contribution in [3.63, 3.8) is 0 Å². The molecule has 5 heteroatoms. The fourth-order valence-corrected chi connectivity index (χ4v) is 2.94. The molecule has 1 aromatic heterocycles. The maximum atomic E-state index is 12.4. The lowest BCUT2D eigenvalue weighted by Crippen LogP contribution is -2.12. The van der Waals surface area contributed by atoms with Crippen molar-refractivity contribution in [2.75, 3.05) is 24.3 Å². The minimum atomic E-state index is -0.154. The molecule has 0 aliphatic heterocycles. The van der Waals surface area contributed by atoms with Gasteiger partial charge in [-0.05, 0) is 53.9 Å². The Bertz CT molecular complexity index is 827. The Hall–Kier alpha value is -2.79. The average Bonchev–Trinajstić information content (AvgIpc) is 3.14. The number of nitrogens with one attached hydrogen (secondary N) is 1. The number of rotatable bonds is 6. The van der Waals surface area contributed by atoms with Crippen LogP contribution in [0.1, 0.15) is 15.2 Å². The molecule has 3 aromatic rings. The quantitative estimate of drug-likeness (QED) is 0.702. The maximum Gasteiger partial charge on any atom is 0.255 e. The average molecular weight is 352 g/mol. The molecular formula is C20H20N2O2S. The Morgan fingerprint density at radius 1 is 1.08 bits per heavy atom. The fourth-order valence-electron chi connectivity index (χ4n) is 2.32. The summed E-state index contributed by atoms with van der Waals surface area (Å²) < 4.78 is 5.76. The summed E-state index contributed by atoms with van der Waals surface area (Å²) in [7, 11) is 3.96. The minimum Gasteiger partial charge on any atom is -0.488 e. The van der Waals surface area contributed by atoms with Crippen LogP contribution in [0.2, 0.25) is 0 Å². The van der Waals surface area contributed by atoms with Crippen LogP contribution in [0.3, 0.4) is 0 Å². The third-order valence-electron chi connectivity index (χ3n) is 3.70. The molecule has 0 fully saturated rings. The summed E-state index contributed by atoms with van der Waals surface area (Å²) in [5.74, 6) is 0.531. The van der Waals surface area contributed by atoms with Crippen molar-refractivity contribution in [3.05, 3.63) is 76.5 Å². The summed E-state index contributed by atoms with van der Waals surface area (Å²) in [4.78, 5) is 15.6. The topological polar surface area (TPSA) is 41.6 Å². The third-order valence-corrected chi connectivity index (χ3v) is 4.55. The van der Waals surface area contributed by atoms with E-state index in [2.05, 4.69) is 5.32 Å². The molecule has 0 aliphatic carbocycles. The van der Waals surface area contributed by atoms with Gasteiger partial charge in [0, 0.05) is 35.9 Å². The molecule has 4 nitrogen and oxygen atoms in total. The molecule has 2 aromatic carbocycles. The Balaban J connectivity index is 1.64. The second-order valence-corrected chi connectivity index (χ2v) is 6.82. The fraction of sp³-hybridized carbons (Fsp3) is 0.150. The van der Waals surface area contributed by atoms with E-state index in [1.165, 1.54) is 0 Å². The molecule has 3 rings (SSSR count). The lowest BCUT2D eigenvalue weighted by molar-refractivity contribution is 0.102. The summed E-state index contributed by atoms with van der Waals surface area (Å²) in [6.07, 6.45) is 0. The van der Waals surface area contributed by atoms with Gasteiger partial charge in [0.05, 0.1) is 0 Å². The number of ether oxygens (including phenoxy) is 1. The molecule has 0 spiro atoms. The number of benzene rings is 2. The van der Waals surface area contributed by atoms with Gasteiger partial charge in [0.1, 0.15) is 12.4 Å². The van der Waals surface area contributed by atoms with E-state index in [9.17, 15) is 4.79 Å². The molecular weight excluding hydrogens is 332 g/mol. The van der Waals surface area contributed by atoms with Gasteiger partial charge in [0.2, 0.25) is 0 Å². The molecule has 0 aliphatic rings. The van der Waals surface area contributed by atoms with Crippen molar-refractivity contribution < 1.29 is 9.53 Å². The molecule has 1 amide bonds.